The third kappa shape index (κ3) is 3.59. The van der Waals surface area contributed by atoms with Crippen LogP contribution >= 0.6 is 22.7 Å². The molecule has 0 aliphatic rings. The van der Waals surface area contributed by atoms with Gasteiger partial charge < -0.3 is 11.1 Å². The van der Waals surface area contributed by atoms with Crippen LogP contribution in [0.2, 0.25) is 0 Å². The SMILES string of the molecule is CC(N)c1nc(C(=O)NCC(C)c2nccs2)cs1. The molecule has 2 atom stereocenters. The maximum atomic E-state index is 11.9. The molecule has 1 amide bonds. The van der Waals surface area contributed by atoms with Crippen LogP contribution in [0, 0.1) is 0 Å². The lowest BCUT2D eigenvalue weighted by molar-refractivity contribution is 0.0947. The maximum absolute atomic E-state index is 11.9. The average Bonchev–Trinajstić information content (AvgIpc) is 3.05. The Morgan fingerprint density at radius 3 is 2.79 bits per heavy atom. The van der Waals surface area contributed by atoms with Gasteiger partial charge in [0.1, 0.15) is 10.7 Å². The minimum atomic E-state index is -0.161. The molecule has 0 spiro atoms. The topological polar surface area (TPSA) is 80.9 Å². The fourth-order valence-electron chi connectivity index (χ4n) is 1.50. The van der Waals surface area contributed by atoms with E-state index in [1.807, 2.05) is 19.2 Å². The van der Waals surface area contributed by atoms with E-state index in [1.165, 1.54) is 11.3 Å². The number of nitrogens with zero attached hydrogens (tertiary/aromatic N) is 2. The number of rotatable bonds is 5. The predicted molar refractivity (Wildman–Crippen MR) is 77.6 cm³/mol. The molecule has 5 nitrogen and oxygen atoms in total. The summed E-state index contributed by atoms with van der Waals surface area (Å²) < 4.78 is 0. The maximum Gasteiger partial charge on any atom is 0.270 e. The summed E-state index contributed by atoms with van der Waals surface area (Å²) in [7, 11) is 0. The highest BCUT2D eigenvalue weighted by molar-refractivity contribution is 7.10. The van der Waals surface area contributed by atoms with Gasteiger partial charge in [-0.1, -0.05) is 6.92 Å². The zero-order valence-electron chi connectivity index (χ0n) is 10.8. The Labute approximate surface area is 119 Å². The van der Waals surface area contributed by atoms with Crippen LogP contribution in [-0.4, -0.2) is 22.4 Å². The largest absolute Gasteiger partial charge is 0.350 e. The van der Waals surface area contributed by atoms with Crippen LogP contribution in [-0.2, 0) is 0 Å². The predicted octanol–water partition coefficient (Wildman–Crippen LogP) is 2.15. The summed E-state index contributed by atoms with van der Waals surface area (Å²) in [4.78, 5) is 20.4. The quantitative estimate of drug-likeness (QED) is 0.886. The molecule has 2 aromatic heterocycles. The minimum absolute atomic E-state index is 0.138. The van der Waals surface area contributed by atoms with Gasteiger partial charge in [0, 0.05) is 29.4 Å². The van der Waals surface area contributed by atoms with Crippen molar-refractivity contribution in [1.29, 1.82) is 0 Å². The molecule has 0 aliphatic carbocycles. The Bertz CT molecular complexity index is 536. The molecule has 0 radical (unpaired) electrons. The van der Waals surface area contributed by atoms with E-state index in [2.05, 4.69) is 15.3 Å². The summed E-state index contributed by atoms with van der Waals surface area (Å²) in [5.74, 6) is 0.0436. The standard InChI is InChI=1S/C12H16N4OS2/c1-7(11-14-3-4-18-11)5-15-10(17)9-6-19-12(16-9)8(2)13/h3-4,6-8H,5,13H2,1-2H3,(H,15,17). The van der Waals surface area contributed by atoms with Gasteiger partial charge in [-0.3, -0.25) is 4.79 Å². The molecule has 0 bridgehead atoms. The van der Waals surface area contributed by atoms with E-state index in [9.17, 15) is 4.79 Å². The smallest absolute Gasteiger partial charge is 0.270 e. The average molecular weight is 296 g/mol. The van der Waals surface area contributed by atoms with Crippen molar-refractivity contribution < 1.29 is 4.79 Å². The van der Waals surface area contributed by atoms with Gasteiger partial charge in [0.05, 0.1) is 11.0 Å². The summed E-state index contributed by atoms with van der Waals surface area (Å²) in [5.41, 5.74) is 6.16. The molecule has 102 valence electrons. The number of carbonyl (C=O) groups is 1. The van der Waals surface area contributed by atoms with Gasteiger partial charge in [-0.25, -0.2) is 9.97 Å². The summed E-state index contributed by atoms with van der Waals surface area (Å²) in [6.07, 6.45) is 1.77. The monoisotopic (exact) mass is 296 g/mol. The van der Waals surface area contributed by atoms with E-state index < -0.39 is 0 Å². The van der Waals surface area contributed by atoms with E-state index in [4.69, 9.17) is 5.73 Å². The lowest BCUT2D eigenvalue weighted by atomic mass is 10.2. The third-order valence-corrected chi connectivity index (χ3v) is 4.64. The summed E-state index contributed by atoms with van der Waals surface area (Å²) in [6.45, 7) is 4.44. The molecule has 0 aromatic carbocycles. The molecule has 0 aliphatic heterocycles. The Morgan fingerprint density at radius 2 is 2.21 bits per heavy atom. The van der Waals surface area contributed by atoms with Crippen LogP contribution in [0.1, 0.15) is 46.3 Å². The first-order valence-electron chi connectivity index (χ1n) is 5.96. The number of aromatic nitrogens is 2. The number of thiazole rings is 2. The second-order valence-corrected chi connectivity index (χ2v) is 6.16. The van der Waals surface area contributed by atoms with Gasteiger partial charge in [-0.2, -0.15) is 0 Å². The molecule has 0 fully saturated rings. The Balaban J connectivity index is 1.90. The van der Waals surface area contributed by atoms with Crippen molar-refractivity contribution in [3.8, 4) is 0 Å². The van der Waals surface area contributed by atoms with Crippen LogP contribution in [0.3, 0.4) is 0 Å². The lowest BCUT2D eigenvalue weighted by Gasteiger charge is -2.08. The van der Waals surface area contributed by atoms with Crippen molar-refractivity contribution >= 4 is 28.6 Å². The van der Waals surface area contributed by atoms with E-state index in [0.29, 0.717) is 12.2 Å². The number of hydrogen-bond donors (Lipinski definition) is 2. The Hall–Kier alpha value is -1.31. The summed E-state index contributed by atoms with van der Waals surface area (Å²) in [5, 5.41) is 8.34. The van der Waals surface area contributed by atoms with E-state index >= 15 is 0 Å². The van der Waals surface area contributed by atoms with Crippen LogP contribution in [0.4, 0.5) is 0 Å². The van der Waals surface area contributed by atoms with E-state index in [1.54, 1.807) is 22.9 Å². The molecule has 2 aromatic rings. The zero-order chi connectivity index (χ0) is 13.8. The highest BCUT2D eigenvalue weighted by atomic mass is 32.1. The highest BCUT2D eigenvalue weighted by Crippen LogP contribution is 2.18. The van der Waals surface area contributed by atoms with Gasteiger partial charge in [-0.05, 0) is 6.92 Å². The van der Waals surface area contributed by atoms with Crippen molar-refractivity contribution in [3.63, 3.8) is 0 Å². The molecule has 19 heavy (non-hydrogen) atoms. The number of nitrogens with two attached hydrogens (primary N) is 1. The minimum Gasteiger partial charge on any atom is -0.350 e. The third-order valence-electron chi connectivity index (χ3n) is 2.59. The number of hydrogen-bond acceptors (Lipinski definition) is 6. The molecule has 0 saturated carbocycles. The van der Waals surface area contributed by atoms with Crippen molar-refractivity contribution in [2.24, 2.45) is 5.73 Å². The fourth-order valence-corrected chi connectivity index (χ4v) is 2.96. The first-order chi connectivity index (χ1) is 9.08. The van der Waals surface area contributed by atoms with Crippen molar-refractivity contribution in [3.05, 3.63) is 32.7 Å². The molecule has 2 unspecified atom stereocenters. The molecular formula is C12H16N4OS2. The molecule has 7 heteroatoms. The summed E-state index contributed by atoms with van der Waals surface area (Å²) >= 11 is 3.00. The van der Waals surface area contributed by atoms with Crippen LogP contribution in [0.5, 0.6) is 0 Å². The second-order valence-electron chi connectivity index (χ2n) is 4.34. The molecule has 0 saturated heterocycles. The Morgan fingerprint density at radius 1 is 1.42 bits per heavy atom. The number of amides is 1. The lowest BCUT2D eigenvalue weighted by Crippen LogP contribution is -2.27. The van der Waals surface area contributed by atoms with Crippen LogP contribution in [0.25, 0.3) is 0 Å². The van der Waals surface area contributed by atoms with Crippen molar-refractivity contribution in [1.82, 2.24) is 15.3 Å². The normalized spacial score (nSPS) is 14.1. The van der Waals surface area contributed by atoms with Gasteiger partial charge >= 0.3 is 0 Å². The van der Waals surface area contributed by atoms with Gasteiger partial charge in [0.25, 0.3) is 5.91 Å². The van der Waals surface area contributed by atoms with Gasteiger partial charge in [0.15, 0.2) is 0 Å². The van der Waals surface area contributed by atoms with E-state index in [-0.39, 0.29) is 17.9 Å². The van der Waals surface area contributed by atoms with Gasteiger partial charge in [-0.15, -0.1) is 22.7 Å². The van der Waals surface area contributed by atoms with Crippen molar-refractivity contribution in [2.45, 2.75) is 25.8 Å². The zero-order valence-corrected chi connectivity index (χ0v) is 12.4. The van der Waals surface area contributed by atoms with Crippen molar-refractivity contribution in [2.75, 3.05) is 6.54 Å². The molecular weight excluding hydrogens is 280 g/mol. The van der Waals surface area contributed by atoms with Gasteiger partial charge in [0.2, 0.25) is 0 Å². The first kappa shape index (κ1) is 14.1. The number of carbonyl (C=O) groups excluding carboxylic acids is 1. The van der Waals surface area contributed by atoms with Crippen LogP contribution in [0.15, 0.2) is 17.0 Å². The second kappa shape index (κ2) is 6.23. The number of nitrogens with one attached hydrogen (secondary N) is 1. The van der Waals surface area contributed by atoms with E-state index in [0.717, 1.165) is 10.0 Å². The first-order valence-corrected chi connectivity index (χ1v) is 7.72. The van der Waals surface area contributed by atoms with Crippen LogP contribution < -0.4 is 11.1 Å². The molecule has 2 rings (SSSR count). The highest BCUT2D eigenvalue weighted by Gasteiger charge is 2.14. The fraction of sp³-hybridized carbons (Fsp3) is 0.417. The molecule has 3 N–H and O–H groups in total. The Kier molecular flexibility index (Phi) is 4.62. The molecule has 2 heterocycles. The summed E-state index contributed by atoms with van der Waals surface area (Å²) in [6, 6.07) is -0.138.